The molecular weight excluding hydrogens is 340 g/mol. The first-order chi connectivity index (χ1) is 12.5. The van der Waals surface area contributed by atoms with E-state index >= 15 is 0 Å². The average molecular weight is 358 g/mol. The van der Waals surface area contributed by atoms with Crippen molar-refractivity contribution >= 4 is 18.0 Å². The number of carbonyl (C=O) groups excluding carboxylic acids is 2. The van der Waals surface area contributed by atoms with Gasteiger partial charge in [-0.25, -0.2) is 10.7 Å². The third-order valence-electron chi connectivity index (χ3n) is 3.81. The second-order valence-corrected chi connectivity index (χ2v) is 5.61. The van der Waals surface area contributed by atoms with Gasteiger partial charge < -0.3 is 14.7 Å². The Morgan fingerprint density at radius 1 is 1.46 bits per heavy atom. The summed E-state index contributed by atoms with van der Waals surface area (Å²) in [5.41, 5.74) is 9.70. The maximum atomic E-state index is 11.9. The lowest BCUT2D eigenvalue weighted by Gasteiger charge is -2.21. The molecule has 0 radical (unpaired) electrons. The molecule has 136 valence electrons. The van der Waals surface area contributed by atoms with E-state index in [1.807, 2.05) is 6.08 Å². The molecule has 0 saturated heterocycles. The number of azide groups is 1. The van der Waals surface area contributed by atoms with E-state index in [4.69, 9.17) is 16.2 Å². The molecule has 0 aromatic heterocycles. The number of rotatable bonds is 6. The lowest BCUT2D eigenvalue weighted by Crippen LogP contribution is -2.20. The number of amides is 1. The van der Waals surface area contributed by atoms with Crippen LogP contribution in [0, 0.1) is 0 Å². The summed E-state index contributed by atoms with van der Waals surface area (Å²) < 4.78 is 5.35. The molecule has 1 aromatic rings. The zero-order valence-electron chi connectivity index (χ0n) is 13.9. The van der Waals surface area contributed by atoms with Crippen molar-refractivity contribution in [1.29, 1.82) is 0 Å². The number of nitrogens with zero attached hydrogens (tertiary/aromatic N) is 3. The maximum absolute atomic E-state index is 11.9. The Labute approximate surface area is 149 Å². The molecule has 1 aromatic carbocycles. The first kappa shape index (κ1) is 19.2. The summed E-state index contributed by atoms with van der Waals surface area (Å²) in [6.07, 6.45) is 6.51. The third kappa shape index (κ3) is 5.45. The SMILES string of the molecule is [N-]=[N+]=NC(=O)c1ccc(/C=C/C(=O)O[C@@H]2CC=C(CON)CC2)cc1O. The number of ether oxygens (including phenoxy) is 1. The molecule has 9 nitrogen and oxygen atoms in total. The minimum absolute atomic E-state index is 0.117. The van der Waals surface area contributed by atoms with Crippen LogP contribution in [0.1, 0.15) is 35.2 Å². The van der Waals surface area contributed by atoms with E-state index < -0.39 is 11.9 Å². The highest BCUT2D eigenvalue weighted by Crippen LogP contribution is 2.22. The van der Waals surface area contributed by atoms with Crippen LogP contribution in [0.15, 0.2) is 41.0 Å². The summed E-state index contributed by atoms with van der Waals surface area (Å²) in [4.78, 5) is 30.3. The normalized spacial score (nSPS) is 16.7. The maximum Gasteiger partial charge on any atom is 0.331 e. The number of hydrogen-bond donors (Lipinski definition) is 2. The summed E-state index contributed by atoms with van der Waals surface area (Å²) in [5.74, 6) is 3.30. The predicted molar refractivity (Wildman–Crippen MR) is 92.6 cm³/mol. The fourth-order valence-electron chi connectivity index (χ4n) is 2.51. The minimum atomic E-state index is -0.885. The largest absolute Gasteiger partial charge is 0.507 e. The van der Waals surface area contributed by atoms with E-state index in [0.717, 1.165) is 12.0 Å². The molecular formula is C17H18N4O5. The summed E-state index contributed by atoms with van der Waals surface area (Å²) in [6, 6.07) is 4.10. The van der Waals surface area contributed by atoms with Gasteiger partial charge in [-0.1, -0.05) is 12.1 Å². The third-order valence-corrected chi connectivity index (χ3v) is 3.81. The Bertz CT molecular complexity index is 796. The molecule has 0 fully saturated rings. The van der Waals surface area contributed by atoms with Crippen molar-refractivity contribution in [3.05, 3.63) is 57.5 Å². The van der Waals surface area contributed by atoms with Gasteiger partial charge in [0.1, 0.15) is 11.9 Å². The summed E-state index contributed by atoms with van der Waals surface area (Å²) >= 11 is 0. The molecule has 1 amide bonds. The number of phenolic OH excluding ortho intramolecular Hbond substituents is 1. The molecule has 0 unspecified atom stereocenters. The highest BCUT2D eigenvalue weighted by atomic mass is 16.6. The Kier molecular flexibility index (Phi) is 6.92. The lowest BCUT2D eigenvalue weighted by molar-refractivity contribution is -0.143. The van der Waals surface area contributed by atoms with Crippen LogP contribution in [-0.2, 0) is 14.4 Å². The summed E-state index contributed by atoms with van der Waals surface area (Å²) in [5, 5.41) is 12.7. The van der Waals surface area contributed by atoms with Crippen LogP contribution in [0.25, 0.3) is 16.5 Å². The van der Waals surface area contributed by atoms with Crippen molar-refractivity contribution in [2.45, 2.75) is 25.4 Å². The van der Waals surface area contributed by atoms with Crippen LogP contribution in [0.4, 0.5) is 0 Å². The van der Waals surface area contributed by atoms with Crippen molar-refractivity contribution in [3.63, 3.8) is 0 Å². The molecule has 26 heavy (non-hydrogen) atoms. The van der Waals surface area contributed by atoms with Crippen molar-refractivity contribution < 1.29 is 24.3 Å². The van der Waals surface area contributed by atoms with Crippen LogP contribution in [-0.4, -0.2) is 29.7 Å². The van der Waals surface area contributed by atoms with Gasteiger partial charge in [-0.2, -0.15) is 0 Å². The van der Waals surface area contributed by atoms with E-state index in [1.165, 1.54) is 30.4 Å². The molecule has 1 aliphatic rings. The van der Waals surface area contributed by atoms with Crippen LogP contribution >= 0.6 is 0 Å². The molecule has 0 saturated carbocycles. The first-order valence-electron chi connectivity index (χ1n) is 7.84. The van der Waals surface area contributed by atoms with Gasteiger partial charge in [-0.3, -0.25) is 4.79 Å². The lowest BCUT2D eigenvalue weighted by atomic mass is 9.98. The number of phenols is 1. The Morgan fingerprint density at radius 2 is 2.27 bits per heavy atom. The monoisotopic (exact) mass is 358 g/mol. The summed E-state index contributed by atoms with van der Waals surface area (Å²) in [6.45, 7) is 0.377. The average Bonchev–Trinajstić information content (AvgIpc) is 2.62. The standard InChI is InChI=1S/C17H18N4O5/c18-21-20-17(24)14-7-3-11(9-15(14)22)4-8-16(23)26-13-5-1-12(2-6-13)10-25-19/h1,3-4,7-9,13,22H,2,5-6,10,19H2/b8-4+/t13-/m1/s1. The zero-order chi connectivity index (χ0) is 18.9. The molecule has 0 heterocycles. The molecule has 0 spiro atoms. The fraction of sp³-hybridized carbons (Fsp3) is 0.294. The Morgan fingerprint density at radius 3 is 2.88 bits per heavy atom. The first-order valence-corrected chi connectivity index (χ1v) is 7.84. The number of aromatic hydroxyl groups is 1. The van der Waals surface area contributed by atoms with Gasteiger partial charge in [-0.15, -0.1) is 0 Å². The van der Waals surface area contributed by atoms with Gasteiger partial charge in [-0.05, 0) is 52.8 Å². The van der Waals surface area contributed by atoms with Crippen LogP contribution in [0.5, 0.6) is 5.75 Å². The van der Waals surface area contributed by atoms with Gasteiger partial charge >= 0.3 is 5.97 Å². The molecule has 3 N–H and O–H groups in total. The van der Waals surface area contributed by atoms with Crippen LogP contribution < -0.4 is 5.90 Å². The smallest absolute Gasteiger partial charge is 0.331 e. The van der Waals surface area contributed by atoms with E-state index in [9.17, 15) is 14.7 Å². The minimum Gasteiger partial charge on any atom is -0.507 e. The summed E-state index contributed by atoms with van der Waals surface area (Å²) in [7, 11) is 0. The second-order valence-electron chi connectivity index (χ2n) is 5.61. The molecule has 1 atom stereocenters. The number of benzene rings is 1. The predicted octanol–water partition coefficient (Wildman–Crippen LogP) is 2.77. The highest BCUT2D eigenvalue weighted by Gasteiger charge is 2.17. The van der Waals surface area contributed by atoms with Gasteiger partial charge in [0.15, 0.2) is 0 Å². The Balaban J connectivity index is 1.93. The van der Waals surface area contributed by atoms with E-state index in [0.29, 0.717) is 25.0 Å². The molecule has 9 heteroatoms. The molecule has 2 rings (SSSR count). The van der Waals surface area contributed by atoms with Crippen LogP contribution in [0.3, 0.4) is 0 Å². The van der Waals surface area contributed by atoms with Gasteiger partial charge in [0.25, 0.3) is 5.91 Å². The van der Waals surface area contributed by atoms with Crippen molar-refractivity contribution in [1.82, 2.24) is 0 Å². The molecule has 0 aliphatic heterocycles. The Hall–Kier alpha value is -3.13. The number of esters is 1. The van der Waals surface area contributed by atoms with Crippen molar-refractivity contribution in [2.75, 3.05) is 6.61 Å². The second kappa shape index (κ2) is 9.38. The highest BCUT2D eigenvalue weighted by molar-refractivity contribution is 5.97. The zero-order valence-corrected chi connectivity index (χ0v) is 13.9. The number of hydrogen-bond acceptors (Lipinski definition) is 6. The number of carbonyl (C=O) groups is 2. The van der Waals surface area contributed by atoms with E-state index in [2.05, 4.69) is 14.9 Å². The number of nitrogens with two attached hydrogens (primary N) is 1. The fourth-order valence-corrected chi connectivity index (χ4v) is 2.51. The topological polar surface area (TPSA) is 148 Å². The van der Waals surface area contributed by atoms with E-state index in [1.54, 1.807) is 0 Å². The van der Waals surface area contributed by atoms with Gasteiger partial charge in [0.05, 0.1) is 12.2 Å². The molecule has 0 bridgehead atoms. The van der Waals surface area contributed by atoms with E-state index in [-0.39, 0.29) is 17.4 Å². The molecule has 1 aliphatic carbocycles. The van der Waals surface area contributed by atoms with Crippen molar-refractivity contribution in [2.24, 2.45) is 11.0 Å². The van der Waals surface area contributed by atoms with Crippen LogP contribution in [0.2, 0.25) is 0 Å². The van der Waals surface area contributed by atoms with Gasteiger partial charge in [0.2, 0.25) is 0 Å². The van der Waals surface area contributed by atoms with Gasteiger partial charge in [0, 0.05) is 17.4 Å². The van der Waals surface area contributed by atoms with Crippen molar-refractivity contribution in [3.8, 4) is 5.75 Å². The quantitative estimate of drug-likeness (QED) is 0.152.